The van der Waals surface area contributed by atoms with Crippen molar-refractivity contribution in [3.05, 3.63) is 12.2 Å². The molecule has 31 heavy (non-hydrogen) atoms. The molecule has 2 aromatic heterocycles. The average Bonchev–Trinajstić information content (AvgIpc) is 3.29. The van der Waals surface area contributed by atoms with Crippen LogP contribution in [0, 0.1) is 5.92 Å². The van der Waals surface area contributed by atoms with Gasteiger partial charge in [-0.05, 0) is 0 Å². The maximum atomic E-state index is 12.0. The first-order valence-electron chi connectivity index (χ1n) is 9.13. The van der Waals surface area contributed by atoms with E-state index in [0.717, 1.165) is 0 Å². The Hall–Kier alpha value is -2.92. The van der Waals surface area contributed by atoms with Crippen LogP contribution in [-0.4, -0.2) is 69.7 Å². The van der Waals surface area contributed by atoms with Crippen LogP contribution >= 0.6 is 0 Å². The summed E-state index contributed by atoms with van der Waals surface area (Å²) in [6.07, 6.45) is -1.63. The van der Waals surface area contributed by atoms with Crippen molar-refractivity contribution in [1.29, 1.82) is 0 Å². The van der Waals surface area contributed by atoms with E-state index >= 15 is 0 Å². The summed E-state index contributed by atoms with van der Waals surface area (Å²) in [7, 11) is -4.57. The number of imidazole rings is 1. The summed E-state index contributed by atoms with van der Waals surface area (Å²) >= 11 is 0. The molecule has 0 aromatic carbocycles. The van der Waals surface area contributed by atoms with E-state index in [1.54, 1.807) is 9.29 Å². The number of carbonyl (C=O) groups excluding carboxylic acids is 2. The lowest BCUT2D eigenvalue weighted by Crippen LogP contribution is -2.46. The number of aromatic nitrogens is 4. The van der Waals surface area contributed by atoms with Crippen LogP contribution in [0.4, 0.5) is 5.82 Å². The summed E-state index contributed by atoms with van der Waals surface area (Å²) in [6.45, 7) is -0.569. The number of anilines is 1. The molecule has 0 radical (unpaired) electrons. The van der Waals surface area contributed by atoms with E-state index < -0.39 is 65.5 Å². The number of fused-ring (bicyclic) bond motifs is 5. The van der Waals surface area contributed by atoms with Gasteiger partial charge in [0.25, 0.3) is 5.91 Å². The van der Waals surface area contributed by atoms with Gasteiger partial charge in [0.15, 0.2) is 17.0 Å². The minimum Gasteiger partial charge on any atom is -0.390 e. The van der Waals surface area contributed by atoms with Crippen LogP contribution < -0.4 is 21.9 Å². The molecular formula is C15H20N8O7S. The van der Waals surface area contributed by atoms with Gasteiger partial charge in [0, 0.05) is 12.3 Å². The minimum absolute atomic E-state index is 0.207. The van der Waals surface area contributed by atoms with Crippen LogP contribution in [0.3, 0.4) is 0 Å². The zero-order valence-electron chi connectivity index (χ0n) is 15.9. The SMILES string of the molecule is NC(=O)CC(N)C(=O)NS(=O)(=O)OC[C@H]1O[C@@H]2[C@H](Cc3nc4c(N)ncnc4n32)[C@@H]1O. The standard InChI is InChI=1S/C15H20N8O7S/c16-6(2-8(17)24)14(26)22-31(27,28)29-3-7-11(25)5-1-9-21-10-12(18)19-4-20-13(10)23(9)15(5)30-7/h4-7,11,15,25H,1-3,16H2,(H2,17,24)(H,22,26)(H2,18,19,20)/t5-,6?,7-,11+,15-/m1/s1. The van der Waals surface area contributed by atoms with Gasteiger partial charge in [-0.1, -0.05) is 0 Å². The summed E-state index contributed by atoms with van der Waals surface area (Å²) in [5.41, 5.74) is 17.0. The quantitative estimate of drug-likeness (QED) is 0.272. The van der Waals surface area contributed by atoms with Gasteiger partial charge in [0.1, 0.15) is 24.5 Å². The summed E-state index contributed by atoms with van der Waals surface area (Å²) in [5, 5.41) is 10.6. The third kappa shape index (κ3) is 3.90. The minimum atomic E-state index is -4.57. The predicted molar refractivity (Wildman–Crippen MR) is 102 cm³/mol. The fraction of sp³-hybridized carbons (Fsp3) is 0.533. The average molecular weight is 456 g/mol. The second-order valence-corrected chi connectivity index (χ2v) is 8.58. The third-order valence-electron chi connectivity index (χ3n) is 5.12. The summed E-state index contributed by atoms with van der Waals surface area (Å²) in [4.78, 5) is 35.0. The van der Waals surface area contributed by atoms with Gasteiger partial charge in [-0.2, -0.15) is 8.42 Å². The third-order valence-corrected chi connectivity index (χ3v) is 6.02. The molecule has 168 valence electrons. The maximum absolute atomic E-state index is 12.0. The Morgan fingerprint density at radius 1 is 1.42 bits per heavy atom. The van der Waals surface area contributed by atoms with Crippen LogP contribution in [0.5, 0.6) is 0 Å². The molecular weight excluding hydrogens is 436 g/mol. The largest absolute Gasteiger partial charge is 0.390 e. The lowest BCUT2D eigenvalue weighted by Gasteiger charge is -2.17. The van der Waals surface area contributed by atoms with Crippen molar-refractivity contribution in [1.82, 2.24) is 24.2 Å². The molecule has 8 N–H and O–H groups in total. The second-order valence-electron chi connectivity index (χ2n) is 7.23. The predicted octanol–water partition coefficient (Wildman–Crippen LogP) is -3.58. The first-order valence-corrected chi connectivity index (χ1v) is 10.5. The molecule has 0 saturated carbocycles. The number of nitrogens with one attached hydrogen (secondary N) is 1. The number of primary amides is 1. The van der Waals surface area contributed by atoms with Gasteiger partial charge in [0.05, 0.1) is 25.2 Å². The number of nitrogens with zero attached hydrogens (tertiary/aromatic N) is 4. The molecule has 2 aliphatic heterocycles. The van der Waals surface area contributed by atoms with Crippen molar-refractivity contribution in [3.8, 4) is 0 Å². The highest BCUT2D eigenvalue weighted by Gasteiger charge is 2.50. The molecule has 16 heteroatoms. The molecule has 1 unspecified atom stereocenters. The van der Waals surface area contributed by atoms with Gasteiger partial charge < -0.3 is 27.0 Å². The number of nitrogen functional groups attached to an aromatic ring is 1. The van der Waals surface area contributed by atoms with Crippen LogP contribution in [-0.2, 0) is 35.2 Å². The molecule has 2 amide bonds. The number of nitrogens with two attached hydrogens (primary N) is 3. The molecule has 5 atom stereocenters. The van der Waals surface area contributed by atoms with Gasteiger partial charge in [0.2, 0.25) is 5.91 Å². The molecule has 2 aromatic rings. The summed E-state index contributed by atoms with van der Waals surface area (Å²) in [6, 6.07) is -1.45. The van der Waals surface area contributed by atoms with Crippen molar-refractivity contribution in [2.45, 2.75) is 37.3 Å². The highest BCUT2D eigenvalue weighted by atomic mass is 32.2. The van der Waals surface area contributed by atoms with Gasteiger partial charge in [-0.3, -0.25) is 18.3 Å². The van der Waals surface area contributed by atoms with Crippen LogP contribution in [0.15, 0.2) is 6.33 Å². The monoisotopic (exact) mass is 456 g/mol. The fourth-order valence-electron chi connectivity index (χ4n) is 3.70. The Balaban J connectivity index is 1.42. The Kier molecular flexibility index (Phi) is 5.26. The normalized spacial score (nSPS) is 25.9. The number of hydrogen-bond acceptors (Lipinski definition) is 12. The van der Waals surface area contributed by atoms with Crippen LogP contribution in [0.1, 0.15) is 18.5 Å². The number of aliphatic hydroxyl groups is 1. The highest BCUT2D eigenvalue weighted by Crippen LogP contribution is 2.44. The van der Waals surface area contributed by atoms with Crippen molar-refractivity contribution in [3.63, 3.8) is 0 Å². The number of rotatable bonds is 7. The molecule has 4 heterocycles. The molecule has 0 aliphatic carbocycles. The molecule has 1 saturated heterocycles. The number of hydrogen-bond donors (Lipinski definition) is 5. The lowest BCUT2D eigenvalue weighted by molar-refractivity contribution is -0.125. The Morgan fingerprint density at radius 3 is 2.87 bits per heavy atom. The fourth-order valence-corrected chi connectivity index (χ4v) is 4.47. The second kappa shape index (κ2) is 7.65. The molecule has 2 aliphatic rings. The number of aliphatic hydroxyl groups excluding tert-OH is 1. The number of amides is 2. The Bertz CT molecular complexity index is 1150. The number of carbonyl (C=O) groups is 2. The van der Waals surface area contributed by atoms with Crippen molar-refractivity contribution in [2.75, 3.05) is 12.3 Å². The lowest BCUT2D eigenvalue weighted by atomic mass is 9.99. The van der Waals surface area contributed by atoms with Crippen molar-refractivity contribution < 1.29 is 32.0 Å². The molecule has 15 nitrogen and oxygen atoms in total. The zero-order chi connectivity index (χ0) is 22.5. The zero-order valence-corrected chi connectivity index (χ0v) is 16.7. The van der Waals surface area contributed by atoms with Gasteiger partial charge in [-0.25, -0.2) is 19.7 Å². The van der Waals surface area contributed by atoms with Gasteiger partial charge >= 0.3 is 10.3 Å². The summed E-state index contributed by atoms with van der Waals surface area (Å²) in [5.74, 6) is -1.61. The van der Waals surface area contributed by atoms with Crippen molar-refractivity contribution >= 4 is 39.1 Å². The van der Waals surface area contributed by atoms with E-state index in [2.05, 4.69) is 15.0 Å². The Labute approximate surface area is 175 Å². The Morgan fingerprint density at radius 2 is 2.16 bits per heavy atom. The van der Waals surface area contributed by atoms with E-state index in [9.17, 15) is 23.1 Å². The van der Waals surface area contributed by atoms with Crippen molar-refractivity contribution in [2.24, 2.45) is 17.4 Å². The van der Waals surface area contributed by atoms with E-state index in [0.29, 0.717) is 23.4 Å². The first kappa shape index (κ1) is 21.3. The van der Waals surface area contributed by atoms with E-state index in [-0.39, 0.29) is 5.82 Å². The maximum Gasteiger partial charge on any atom is 0.362 e. The molecule has 0 spiro atoms. The van der Waals surface area contributed by atoms with E-state index in [1.807, 2.05) is 0 Å². The first-order chi connectivity index (χ1) is 14.6. The molecule has 4 rings (SSSR count). The van der Waals surface area contributed by atoms with Crippen LogP contribution in [0.2, 0.25) is 0 Å². The molecule has 1 fully saturated rings. The summed E-state index contributed by atoms with van der Waals surface area (Å²) < 4.78 is 37.8. The highest BCUT2D eigenvalue weighted by molar-refractivity contribution is 7.85. The molecule has 0 bridgehead atoms. The topological polar surface area (TPSA) is 241 Å². The van der Waals surface area contributed by atoms with Gasteiger partial charge in [-0.15, -0.1) is 0 Å². The number of ether oxygens (including phenoxy) is 1. The van der Waals surface area contributed by atoms with Crippen LogP contribution in [0.25, 0.3) is 11.2 Å². The van der Waals surface area contributed by atoms with E-state index in [1.165, 1.54) is 6.33 Å². The van der Waals surface area contributed by atoms with E-state index in [4.69, 9.17) is 26.1 Å². The smallest absolute Gasteiger partial charge is 0.362 e.